The molecule has 0 aromatic heterocycles. The van der Waals surface area contributed by atoms with Gasteiger partial charge >= 0.3 is 0 Å². The van der Waals surface area contributed by atoms with Gasteiger partial charge < -0.3 is 4.74 Å². The summed E-state index contributed by atoms with van der Waals surface area (Å²) in [6.45, 7) is 4.58. The summed E-state index contributed by atoms with van der Waals surface area (Å²) in [5.74, 6) is 0.700. The van der Waals surface area contributed by atoms with E-state index < -0.39 is 10.0 Å². The van der Waals surface area contributed by atoms with Crippen LogP contribution < -0.4 is 9.04 Å². The van der Waals surface area contributed by atoms with E-state index in [0.29, 0.717) is 29.5 Å². The van der Waals surface area contributed by atoms with Gasteiger partial charge in [0.1, 0.15) is 12.4 Å². The molecule has 0 fully saturated rings. The molecule has 0 amide bonds. The Bertz CT molecular complexity index is 966. The first-order chi connectivity index (χ1) is 13.0. The summed E-state index contributed by atoms with van der Waals surface area (Å²) in [5, 5.41) is 0. The molecule has 0 atom stereocenters. The fraction of sp³-hybridized carbons (Fsp3) is 0.182. The summed E-state index contributed by atoms with van der Waals surface area (Å²) >= 11 is 0. The molecule has 0 saturated heterocycles. The van der Waals surface area contributed by atoms with Crippen molar-refractivity contribution in [1.82, 2.24) is 0 Å². The maximum Gasteiger partial charge on any atom is 0.264 e. The van der Waals surface area contributed by atoms with Crippen molar-refractivity contribution in [3.63, 3.8) is 0 Å². The predicted octanol–water partition coefficient (Wildman–Crippen LogP) is 4.79. The molecule has 0 aliphatic heterocycles. The van der Waals surface area contributed by atoms with Crippen LogP contribution in [0.15, 0.2) is 83.8 Å². The molecule has 0 aliphatic carbocycles. The fourth-order valence-corrected chi connectivity index (χ4v) is 4.25. The third kappa shape index (κ3) is 4.49. The van der Waals surface area contributed by atoms with Gasteiger partial charge in [0, 0.05) is 6.54 Å². The molecule has 0 heterocycles. The quantitative estimate of drug-likeness (QED) is 0.591. The van der Waals surface area contributed by atoms with Crippen LogP contribution in [0.3, 0.4) is 0 Å². The molecule has 140 valence electrons. The van der Waals surface area contributed by atoms with Crippen molar-refractivity contribution in [2.24, 2.45) is 0 Å². The third-order valence-electron chi connectivity index (χ3n) is 4.27. The summed E-state index contributed by atoms with van der Waals surface area (Å²) < 4.78 is 33.1. The molecular weight excluding hydrogens is 358 g/mol. The Hall–Kier alpha value is -2.79. The molecule has 0 bridgehead atoms. The first-order valence-electron chi connectivity index (χ1n) is 8.87. The summed E-state index contributed by atoms with van der Waals surface area (Å²) in [6.07, 6.45) is 0. The molecule has 3 aromatic carbocycles. The second-order valence-corrected chi connectivity index (χ2v) is 8.11. The van der Waals surface area contributed by atoms with Gasteiger partial charge in [-0.25, -0.2) is 8.42 Å². The molecule has 0 saturated carbocycles. The number of anilines is 1. The van der Waals surface area contributed by atoms with Crippen molar-refractivity contribution < 1.29 is 13.2 Å². The van der Waals surface area contributed by atoms with Crippen LogP contribution in [-0.4, -0.2) is 15.0 Å². The lowest BCUT2D eigenvalue weighted by molar-refractivity contribution is 0.306. The first-order valence-corrected chi connectivity index (χ1v) is 10.3. The number of benzene rings is 3. The highest BCUT2D eigenvalue weighted by Crippen LogP contribution is 2.26. The first kappa shape index (κ1) is 19.0. The maximum absolute atomic E-state index is 13.0. The number of hydrogen-bond donors (Lipinski definition) is 0. The van der Waals surface area contributed by atoms with Gasteiger partial charge in [-0.2, -0.15) is 0 Å². The fourth-order valence-electron chi connectivity index (χ4n) is 2.78. The van der Waals surface area contributed by atoms with E-state index in [0.717, 1.165) is 11.1 Å². The van der Waals surface area contributed by atoms with E-state index in [1.54, 1.807) is 48.5 Å². The van der Waals surface area contributed by atoms with Crippen LogP contribution in [0.2, 0.25) is 0 Å². The van der Waals surface area contributed by atoms with E-state index >= 15 is 0 Å². The highest BCUT2D eigenvalue weighted by Gasteiger charge is 2.23. The third-order valence-corrected chi connectivity index (χ3v) is 6.19. The molecule has 0 spiro atoms. The molecule has 0 N–H and O–H groups in total. The van der Waals surface area contributed by atoms with Crippen LogP contribution in [0.5, 0.6) is 5.75 Å². The van der Waals surface area contributed by atoms with Crippen molar-refractivity contribution in [3.8, 4) is 5.75 Å². The number of hydrogen-bond acceptors (Lipinski definition) is 3. The minimum atomic E-state index is -3.60. The largest absolute Gasteiger partial charge is 0.489 e. The summed E-state index contributed by atoms with van der Waals surface area (Å²) in [4.78, 5) is 0.291. The Balaban J connectivity index is 1.76. The number of ether oxygens (including phenoxy) is 1. The average Bonchev–Trinajstić information content (AvgIpc) is 2.69. The average molecular weight is 381 g/mol. The van der Waals surface area contributed by atoms with Gasteiger partial charge in [-0.1, -0.05) is 48.0 Å². The highest BCUT2D eigenvalue weighted by molar-refractivity contribution is 7.92. The Kier molecular flexibility index (Phi) is 5.81. The molecule has 4 nitrogen and oxygen atoms in total. The van der Waals surface area contributed by atoms with Crippen molar-refractivity contribution in [2.45, 2.75) is 25.3 Å². The van der Waals surface area contributed by atoms with E-state index in [-0.39, 0.29) is 0 Å². The lowest BCUT2D eigenvalue weighted by Gasteiger charge is -2.23. The lowest BCUT2D eigenvalue weighted by atomic mass is 10.2. The molecule has 0 unspecified atom stereocenters. The molecule has 27 heavy (non-hydrogen) atoms. The van der Waals surface area contributed by atoms with E-state index in [1.165, 1.54) is 4.31 Å². The molecule has 3 rings (SSSR count). The lowest BCUT2D eigenvalue weighted by Crippen LogP contribution is -2.30. The normalized spacial score (nSPS) is 11.2. The van der Waals surface area contributed by atoms with E-state index in [2.05, 4.69) is 0 Å². The van der Waals surface area contributed by atoms with Crippen LogP contribution in [0, 0.1) is 6.92 Å². The number of rotatable bonds is 7. The van der Waals surface area contributed by atoms with Gasteiger partial charge in [0.15, 0.2) is 0 Å². The molecular formula is C22H23NO3S. The topological polar surface area (TPSA) is 46.6 Å². The van der Waals surface area contributed by atoms with Crippen molar-refractivity contribution in [1.29, 1.82) is 0 Å². The summed E-state index contributed by atoms with van der Waals surface area (Å²) in [6, 6.07) is 23.9. The van der Waals surface area contributed by atoms with Gasteiger partial charge in [-0.05, 0) is 55.8 Å². The standard InChI is InChI=1S/C22H23NO3S/c1-3-23(27(24,25)22-15-9-18(2)10-16-22)20-11-13-21(14-12-20)26-17-19-7-5-4-6-8-19/h4-16H,3,17H2,1-2H3. The van der Waals surface area contributed by atoms with Crippen LogP contribution in [-0.2, 0) is 16.6 Å². The predicted molar refractivity (Wildman–Crippen MR) is 109 cm³/mol. The monoisotopic (exact) mass is 381 g/mol. The van der Waals surface area contributed by atoms with Crippen molar-refractivity contribution >= 4 is 15.7 Å². The summed E-state index contributed by atoms with van der Waals surface area (Å²) in [5.41, 5.74) is 2.72. The zero-order chi connectivity index (χ0) is 19.3. The molecule has 0 radical (unpaired) electrons. The van der Waals surface area contributed by atoms with Gasteiger partial charge in [0.05, 0.1) is 10.6 Å². The highest BCUT2D eigenvalue weighted by atomic mass is 32.2. The molecule has 0 aliphatic rings. The van der Waals surface area contributed by atoms with Gasteiger partial charge in [-0.3, -0.25) is 4.31 Å². The number of nitrogens with zero attached hydrogens (tertiary/aromatic N) is 1. The van der Waals surface area contributed by atoms with Crippen LogP contribution in [0.4, 0.5) is 5.69 Å². The number of aryl methyl sites for hydroxylation is 1. The second kappa shape index (κ2) is 8.27. The number of sulfonamides is 1. The Labute approximate surface area is 161 Å². The van der Waals surface area contributed by atoms with Crippen LogP contribution >= 0.6 is 0 Å². The van der Waals surface area contributed by atoms with Crippen LogP contribution in [0.25, 0.3) is 0 Å². The van der Waals surface area contributed by atoms with E-state index in [4.69, 9.17) is 4.74 Å². The van der Waals surface area contributed by atoms with Crippen LogP contribution in [0.1, 0.15) is 18.1 Å². The zero-order valence-electron chi connectivity index (χ0n) is 15.5. The summed E-state index contributed by atoms with van der Waals surface area (Å²) in [7, 11) is -3.60. The van der Waals surface area contributed by atoms with E-state index in [9.17, 15) is 8.42 Å². The Morgan fingerprint density at radius 3 is 2.07 bits per heavy atom. The SMILES string of the molecule is CCN(c1ccc(OCc2ccccc2)cc1)S(=O)(=O)c1ccc(C)cc1. The molecule has 5 heteroatoms. The zero-order valence-corrected chi connectivity index (χ0v) is 16.3. The van der Waals surface area contributed by atoms with Crippen molar-refractivity contribution in [2.75, 3.05) is 10.8 Å². The van der Waals surface area contributed by atoms with Gasteiger partial charge in [0.2, 0.25) is 0 Å². The van der Waals surface area contributed by atoms with Gasteiger partial charge in [0.25, 0.3) is 10.0 Å². The maximum atomic E-state index is 13.0. The second-order valence-electron chi connectivity index (χ2n) is 6.25. The Morgan fingerprint density at radius 1 is 0.852 bits per heavy atom. The van der Waals surface area contributed by atoms with Crippen molar-refractivity contribution in [3.05, 3.63) is 90.0 Å². The Morgan fingerprint density at radius 2 is 1.48 bits per heavy atom. The minimum absolute atomic E-state index is 0.291. The molecule has 3 aromatic rings. The smallest absolute Gasteiger partial charge is 0.264 e. The van der Waals surface area contributed by atoms with Gasteiger partial charge in [-0.15, -0.1) is 0 Å². The van der Waals surface area contributed by atoms with E-state index in [1.807, 2.05) is 44.2 Å². The minimum Gasteiger partial charge on any atom is -0.489 e.